The molecule has 3 fully saturated rings. The van der Waals surface area contributed by atoms with E-state index in [9.17, 15) is 4.79 Å². The largest absolute Gasteiger partial charge is 0.377 e. The fourth-order valence-corrected chi connectivity index (χ4v) is 6.51. The molecule has 8 heteroatoms. The van der Waals surface area contributed by atoms with E-state index >= 15 is 0 Å². The number of anilines is 2. The van der Waals surface area contributed by atoms with Crippen LogP contribution in [0.5, 0.6) is 0 Å². The molecule has 41 heavy (non-hydrogen) atoms. The Morgan fingerprint density at radius 3 is 2.44 bits per heavy atom. The lowest BCUT2D eigenvalue weighted by Crippen LogP contribution is -2.41. The third-order valence-corrected chi connectivity index (χ3v) is 9.26. The van der Waals surface area contributed by atoms with Crippen molar-refractivity contribution in [3.63, 3.8) is 0 Å². The van der Waals surface area contributed by atoms with Gasteiger partial charge in [0.25, 0.3) is 0 Å². The highest BCUT2D eigenvalue weighted by molar-refractivity contribution is 5.95. The molecule has 1 N–H and O–H groups in total. The van der Waals surface area contributed by atoms with Crippen LogP contribution in [-0.4, -0.2) is 51.1 Å². The number of nitrogens with one attached hydrogen (secondary N) is 1. The number of ketones is 1. The van der Waals surface area contributed by atoms with Gasteiger partial charge in [0.1, 0.15) is 5.52 Å². The summed E-state index contributed by atoms with van der Waals surface area (Å²) in [4.78, 5) is 29.6. The molecule has 0 bridgehead atoms. The quantitative estimate of drug-likeness (QED) is 0.295. The highest BCUT2D eigenvalue weighted by Crippen LogP contribution is 2.38. The van der Waals surface area contributed by atoms with Gasteiger partial charge in [0.05, 0.1) is 19.3 Å². The van der Waals surface area contributed by atoms with Crippen LogP contribution in [-0.2, 0) is 11.3 Å². The van der Waals surface area contributed by atoms with E-state index in [4.69, 9.17) is 19.7 Å². The summed E-state index contributed by atoms with van der Waals surface area (Å²) < 4.78 is 8.34. The van der Waals surface area contributed by atoms with Crippen LogP contribution < -0.4 is 10.2 Å². The van der Waals surface area contributed by atoms with Crippen LogP contribution in [0.15, 0.2) is 30.3 Å². The second-order valence-electron chi connectivity index (χ2n) is 12.1. The third kappa shape index (κ3) is 6.42. The van der Waals surface area contributed by atoms with Gasteiger partial charge >= 0.3 is 0 Å². The van der Waals surface area contributed by atoms with Gasteiger partial charge in [0.2, 0.25) is 5.95 Å². The topological polar surface area (TPSA) is 85.2 Å². The molecule has 1 aromatic carbocycles. The van der Waals surface area contributed by atoms with Crippen molar-refractivity contribution < 1.29 is 9.53 Å². The predicted molar refractivity (Wildman–Crippen MR) is 166 cm³/mol. The van der Waals surface area contributed by atoms with Crippen LogP contribution in [0.25, 0.3) is 11.2 Å². The van der Waals surface area contributed by atoms with Gasteiger partial charge in [-0.1, -0.05) is 70.4 Å². The summed E-state index contributed by atoms with van der Waals surface area (Å²) in [5.41, 5.74) is 2.75. The maximum Gasteiger partial charge on any atom is 0.208 e. The van der Waals surface area contributed by atoms with Gasteiger partial charge in [-0.2, -0.15) is 4.98 Å². The molecule has 3 aromatic rings. The first kappa shape index (κ1) is 29.5. The van der Waals surface area contributed by atoms with Gasteiger partial charge < -0.3 is 19.5 Å². The molecule has 8 nitrogen and oxygen atoms in total. The summed E-state index contributed by atoms with van der Waals surface area (Å²) in [6.07, 6.45) is 8.74. The van der Waals surface area contributed by atoms with Crippen molar-refractivity contribution in [2.75, 3.05) is 30.0 Å². The van der Waals surface area contributed by atoms with E-state index < -0.39 is 0 Å². The van der Waals surface area contributed by atoms with Crippen LogP contribution in [0.4, 0.5) is 11.8 Å². The van der Waals surface area contributed by atoms with Gasteiger partial charge in [-0.3, -0.25) is 4.79 Å². The van der Waals surface area contributed by atoms with E-state index in [0.717, 1.165) is 36.3 Å². The lowest BCUT2D eigenvalue weighted by Gasteiger charge is -2.37. The Hall–Kier alpha value is -3.00. The van der Waals surface area contributed by atoms with Gasteiger partial charge in [0.15, 0.2) is 23.1 Å². The number of aromatic nitrogens is 4. The van der Waals surface area contributed by atoms with Crippen LogP contribution >= 0.6 is 0 Å². The van der Waals surface area contributed by atoms with Crippen molar-refractivity contribution in [1.82, 2.24) is 19.5 Å². The molecule has 222 valence electrons. The zero-order valence-corrected chi connectivity index (χ0v) is 25.6. The number of ether oxygens (including phenoxy) is 1. The molecule has 1 aliphatic heterocycles. The number of rotatable bonds is 8. The highest BCUT2D eigenvalue weighted by Gasteiger charge is 2.33. The van der Waals surface area contributed by atoms with Crippen molar-refractivity contribution in [3.8, 4) is 0 Å². The fraction of sp³-hybridized carbons (Fsp3) is 0.636. The Kier molecular flexibility index (Phi) is 9.58. The average molecular weight is 561 g/mol. The van der Waals surface area contributed by atoms with Crippen molar-refractivity contribution >= 4 is 28.7 Å². The zero-order chi connectivity index (χ0) is 28.9. The number of morpholine rings is 1. The molecular formula is C33H48N6O2. The Labute approximate surface area is 245 Å². The molecule has 2 aromatic heterocycles. The smallest absolute Gasteiger partial charge is 0.208 e. The number of hydrogen-bond donors (Lipinski definition) is 1. The van der Waals surface area contributed by atoms with E-state index in [1.54, 1.807) is 0 Å². The summed E-state index contributed by atoms with van der Waals surface area (Å²) in [6.45, 7) is 13.0. The van der Waals surface area contributed by atoms with Gasteiger partial charge in [-0.05, 0) is 55.9 Å². The molecule has 3 aliphatic rings. The highest BCUT2D eigenvalue weighted by atomic mass is 16.5. The first-order valence-electron chi connectivity index (χ1n) is 15.9. The second-order valence-corrected chi connectivity index (χ2v) is 12.1. The molecular weight excluding hydrogens is 512 g/mol. The molecule has 0 radical (unpaired) electrons. The summed E-state index contributed by atoms with van der Waals surface area (Å²) in [5.74, 6) is 3.76. The molecule has 2 atom stereocenters. The third-order valence-electron chi connectivity index (χ3n) is 9.26. The van der Waals surface area contributed by atoms with Crippen LogP contribution in [0, 0.1) is 17.8 Å². The first-order chi connectivity index (χ1) is 20.0. The maximum atomic E-state index is 12.5. The Morgan fingerprint density at radius 1 is 1.05 bits per heavy atom. The van der Waals surface area contributed by atoms with Gasteiger partial charge in [0, 0.05) is 26.1 Å². The van der Waals surface area contributed by atoms with Crippen LogP contribution in [0.3, 0.4) is 0 Å². The lowest BCUT2D eigenvalue weighted by atomic mass is 9.80. The molecule has 0 amide bonds. The van der Waals surface area contributed by atoms with E-state index in [1.165, 1.54) is 57.4 Å². The summed E-state index contributed by atoms with van der Waals surface area (Å²) in [7, 11) is 0. The predicted octanol–water partition coefficient (Wildman–Crippen LogP) is 7.06. The lowest BCUT2D eigenvalue weighted by molar-refractivity contribution is 0.0927. The Balaban J connectivity index is 0.00000165. The first-order valence-corrected chi connectivity index (χ1v) is 15.9. The summed E-state index contributed by atoms with van der Waals surface area (Å²) in [6, 6.07) is 10.9. The molecule has 3 heterocycles. The van der Waals surface area contributed by atoms with Crippen molar-refractivity contribution in [2.24, 2.45) is 17.8 Å². The standard InChI is InChI=1S/C31H42N6O2.C2H6/c1-20-12-14-23(15-13-20)18-37-27-29(32-21(2)24-10-7-11-24)33-28(22(3)38)34-30(27)35-31(37)36-16-17-39-19-26(36)25-8-5-4-6-9-25;1-2/h4-6,8-9,20-21,23-24,26H,7,10-19H2,1-3H3,(H,32,33,34);1-2H3/t20?,21-,23?,26+;/m1./s1. The molecule has 1 saturated heterocycles. The zero-order valence-electron chi connectivity index (χ0n) is 25.6. The second kappa shape index (κ2) is 13.3. The van der Waals surface area contributed by atoms with E-state index in [-0.39, 0.29) is 23.7 Å². The van der Waals surface area contributed by atoms with Gasteiger partial charge in [-0.25, -0.2) is 9.97 Å². The van der Waals surface area contributed by atoms with Crippen molar-refractivity contribution in [3.05, 3.63) is 41.7 Å². The Bertz CT molecular complexity index is 1300. The van der Waals surface area contributed by atoms with Gasteiger partial charge in [-0.15, -0.1) is 0 Å². The molecule has 0 unspecified atom stereocenters. The van der Waals surface area contributed by atoms with Crippen molar-refractivity contribution in [1.29, 1.82) is 0 Å². The molecule has 2 aliphatic carbocycles. The number of Topliss-reactive ketones (excluding diaryl/α,β-unsaturated/α-hetero) is 1. The molecule has 0 spiro atoms. The van der Waals surface area contributed by atoms with E-state index in [1.807, 2.05) is 13.8 Å². The number of hydrogen-bond acceptors (Lipinski definition) is 7. The number of carbonyl (C=O) groups excluding carboxylic acids is 1. The average Bonchev–Trinajstić information content (AvgIpc) is 3.33. The number of benzene rings is 1. The molecule has 2 saturated carbocycles. The number of imidazole rings is 1. The molecule has 6 rings (SSSR count). The van der Waals surface area contributed by atoms with E-state index in [2.05, 4.69) is 59.0 Å². The van der Waals surface area contributed by atoms with Crippen molar-refractivity contribution in [2.45, 2.75) is 98.2 Å². The number of fused-ring (bicyclic) bond motifs is 1. The summed E-state index contributed by atoms with van der Waals surface area (Å²) >= 11 is 0. The van der Waals surface area contributed by atoms with Crippen LogP contribution in [0.1, 0.15) is 102 Å². The normalized spacial score (nSPS) is 23.8. The maximum absolute atomic E-state index is 12.5. The Morgan fingerprint density at radius 2 is 1.78 bits per heavy atom. The monoisotopic (exact) mass is 560 g/mol. The minimum absolute atomic E-state index is 0.0624. The fourth-order valence-electron chi connectivity index (χ4n) is 6.51. The summed E-state index contributed by atoms with van der Waals surface area (Å²) in [5, 5.41) is 3.72. The minimum Gasteiger partial charge on any atom is -0.377 e. The minimum atomic E-state index is -0.137. The number of carbonyl (C=O) groups is 1. The number of nitrogens with zero attached hydrogens (tertiary/aromatic N) is 5. The SMILES string of the molecule is CC.CC(=O)c1nc(N[C@H](C)C2CCC2)c2c(n1)nc(N1CCOC[C@H]1c1ccccc1)n2CC1CCC(C)CC1. The van der Waals surface area contributed by atoms with Crippen LogP contribution in [0.2, 0.25) is 0 Å². The van der Waals surface area contributed by atoms with E-state index in [0.29, 0.717) is 30.7 Å².